The molecule has 148 valence electrons. The molecule has 0 saturated carbocycles. The molecule has 0 fully saturated rings. The summed E-state index contributed by atoms with van der Waals surface area (Å²) in [7, 11) is 0. The predicted octanol–water partition coefficient (Wildman–Crippen LogP) is 3.96. The minimum Gasteiger partial charge on any atom is -0.492 e. The van der Waals surface area contributed by atoms with E-state index >= 15 is 0 Å². The van der Waals surface area contributed by atoms with Gasteiger partial charge >= 0.3 is 0 Å². The summed E-state index contributed by atoms with van der Waals surface area (Å²) in [6, 6.07) is 13.0. The Hall–Kier alpha value is -2.82. The maximum atomic E-state index is 12.4. The van der Waals surface area contributed by atoms with E-state index in [1.54, 1.807) is 0 Å². The third-order valence-corrected chi connectivity index (χ3v) is 4.93. The molecule has 0 aromatic heterocycles. The number of hydrogen-bond acceptors (Lipinski definition) is 3. The fraction of sp³-hybridized carbons (Fsp3) is 0.391. The molecule has 0 spiro atoms. The summed E-state index contributed by atoms with van der Waals surface area (Å²) in [6.45, 7) is 7.33. The molecule has 1 atom stereocenters. The first-order valence-corrected chi connectivity index (χ1v) is 9.84. The topological polar surface area (TPSA) is 67.4 Å². The van der Waals surface area contributed by atoms with E-state index in [1.165, 1.54) is 0 Å². The summed E-state index contributed by atoms with van der Waals surface area (Å²) < 4.78 is 5.77. The number of aryl methyl sites for hydroxylation is 1. The van der Waals surface area contributed by atoms with Gasteiger partial charge in [0.2, 0.25) is 5.91 Å². The standard InChI is InChI=1S/C23H28N2O3/c1-15(2)10-11-24-22(26)19-12-18-13-20(8-9-21(18)28-14-19)25-23(27)17-6-4-16(3)5-7-17/h4-9,13,15,19H,10-12,14H2,1-3H3,(H,24,26)(H,25,27). The van der Waals surface area contributed by atoms with Gasteiger partial charge in [0, 0.05) is 17.8 Å². The van der Waals surface area contributed by atoms with Crippen LogP contribution in [0.3, 0.4) is 0 Å². The highest BCUT2D eigenvalue weighted by Gasteiger charge is 2.26. The summed E-state index contributed by atoms with van der Waals surface area (Å²) in [5.74, 6) is 1.01. The van der Waals surface area contributed by atoms with Crippen LogP contribution in [0.4, 0.5) is 5.69 Å². The van der Waals surface area contributed by atoms with Gasteiger partial charge in [0.1, 0.15) is 12.4 Å². The largest absolute Gasteiger partial charge is 0.492 e. The van der Waals surface area contributed by atoms with Crippen LogP contribution < -0.4 is 15.4 Å². The van der Waals surface area contributed by atoms with Crippen LogP contribution in [0, 0.1) is 18.8 Å². The number of carbonyl (C=O) groups is 2. The SMILES string of the molecule is Cc1ccc(C(=O)Nc2ccc3c(c2)CC(C(=O)NCCC(C)C)CO3)cc1. The summed E-state index contributed by atoms with van der Waals surface area (Å²) in [4.78, 5) is 24.8. The van der Waals surface area contributed by atoms with Crippen molar-refractivity contribution in [3.05, 3.63) is 59.2 Å². The first kappa shape index (κ1) is 19.9. The number of rotatable bonds is 6. The number of carbonyl (C=O) groups excluding carboxylic acids is 2. The van der Waals surface area contributed by atoms with E-state index in [1.807, 2.05) is 49.4 Å². The van der Waals surface area contributed by atoms with Crippen molar-refractivity contribution in [3.63, 3.8) is 0 Å². The molecule has 0 aliphatic carbocycles. The molecule has 1 aliphatic heterocycles. The highest BCUT2D eigenvalue weighted by molar-refractivity contribution is 6.04. The fourth-order valence-corrected chi connectivity index (χ4v) is 3.18. The average molecular weight is 380 g/mol. The highest BCUT2D eigenvalue weighted by Crippen LogP contribution is 2.30. The lowest BCUT2D eigenvalue weighted by Crippen LogP contribution is -2.38. The van der Waals surface area contributed by atoms with Gasteiger partial charge < -0.3 is 15.4 Å². The van der Waals surface area contributed by atoms with Crippen molar-refractivity contribution in [1.29, 1.82) is 0 Å². The maximum Gasteiger partial charge on any atom is 0.255 e. The average Bonchev–Trinajstić information content (AvgIpc) is 2.67. The van der Waals surface area contributed by atoms with E-state index in [4.69, 9.17) is 4.74 Å². The molecule has 0 saturated heterocycles. The van der Waals surface area contributed by atoms with Crippen LogP contribution in [0.1, 0.15) is 41.8 Å². The third-order valence-electron chi connectivity index (χ3n) is 4.93. The Morgan fingerprint density at radius 1 is 1.14 bits per heavy atom. The summed E-state index contributed by atoms with van der Waals surface area (Å²) in [5, 5.41) is 5.92. The van der Waals surface area contributed by atoms with Gasteiger partial charge in [0.25, 0.3) is 5.91 Å². The lowest BCUT2D eigenvalue weighted by Gasteiger charge is -2.25. The molecule has 0 radical (unpaired) electrons. The predicted molar refractivity (Wildman–Crippen MR) is 111 cm³/mol. The molecule has 1 aliphatic rings. The molecule has 2 aromatic rings. The Bertz CT molecular complexity index is 843. The first-order chi connectivity index (χ1) is 13.4. The van der Waals surface area contributed by atoms with Crippen molar-refractivity contribution in [2.75, 3.05) is 18.5 Å². The van der Waals surface area contributed by atoms with E-state index in [9.17, 15) is 9.59 Å². The van der Waals surface area contributed by atoms with Crippen LogP contribution in [-0.2, 0) is 11.2 Å². The van der Waals surface area contributed by atoms with Crippen molar-refractivity contribution >= 4 is 17.5 Å². The minimum absolute atomic E-state index is 0.0281. The number of nitrogens with one attached hydrogen (secondary N) is 2. The molecular formula is C23H28N2O3. The van der Waals surface area contributed by atoms with Crippen LogP contribution in [0.2, 0.25) is 0 Å². The number of ether oxygens (including phenoxy) is 1. The molecule has 0 bridgehead atoms. The van der Waals surface area contributed by atoms with Gasteiger partial charge in [0.05, 0.1) is 5.92 Å². The van der Waals surface area contributed by atoms with Crippen molar-refractivity contribution in [2.45, 2.75) is 33.6 Å². The second-order valence-corrected chi connectivity index (χ2v) is 7.83. The molecule has 2 aromatic carbocycles. The summed E-state index contributed by atoms with van der Waals surface area (Å²) in [5.41, 5.74) is 3.37. The van der Waals surface area contributed by atoms with Gasteiger partial charge in [0.15, 0.2) is 0 Å². The molecule has 5 heteroatoms. The Labute approximate surface area is 166 Å². The Balaban J connectivity index is 1.63. The summed E-state index contributed by atoms with van der Waals surface area (Å²) in [6.07, 6.45) is 1.57. The zero-order valence-corrected chi connectivity index (χ0v) is 16.7. The smallest absolute Gasteiger partial charge is 0.255 e. The van der Waals surface area contributed by atoms with Crippen LogP contribution in [0.15, 0.2) is 42.5 Å². The van der Waals surface area contributed by atoms with Gasteiger partial charge in [-0.2, -0.15) is 0 Å². The highest BCUT2D eigenvalue weighted by atomic mass is 16.5. The third kappa shape index (κ3) is 5.12. The van der Waals surface area contributed by atoms with Gasteiger partial charge in [-0.25, -0.2) is 0 Å². The van der Waals surface area contributed by atoms with Gasteiger partial charge in [-0.1, -0.05) is 31.5 Å². The van der Waals surface area contributed by atoms with Crippen LogP contribution >= 0.6 is 0 Å². The van der Waals surface area contributed by atoms with Crippen molar-refractivity contribution in [3.8, 4) is 5.75 Å². The van der Waals surface area contributed by atoms with Crippen molar-refractivity contribution in [2.24, 2.45) is 11.8 Å². The zero-order valence-electron chi connectivity index (χ0n) is 16.7. The number of benzene rings is 2. The quantitative estimate of drug-likeness (QED) is 0.797. The molecule has 5 nitrogen and oxygen atoms in total. The van der Waals surface area contributed by atoms with Crippen molar-refractivity contribution < 1.29 is 14.3 Å². The molecule has 1 unspecified atom stereocenters. The van der Waals surface area contributed by atoms with Crippen molar-refractivity contribution in [1.82, 2.24) is 5.32 Å². The van der Waals surface area contributed by atoms with Gasteiger partial charge in [-0.3, -0.25) is 9.59 Å². The number of anilines is 1. The monoisotopic (exact) mass is 380 g/mol. The molecule has 3 rings (SSSR count). The van der Waals surface area contributed by atoms with E-state index in [2.05, 4.69) is 24.5 Å². The second-order valence-electron chi connectivity index (χ2n) is 7.83. The Morgan fingerprint density at radius 3 is 2.61 bits per heavy atom. The van der Waals surface area contributed by atoms with Gasteiger partial charge in [-0.15, -0.1) is 0 Å². The maximum absolute atomic E-state index is 12.4. The lowest BCUT2D eigenvalue weighted by atomic mass is 9.95. The zero-order chi connectivity index (χ0) is 20.1. The van der Waals surface area contributed by atoms with Crippen LogP contribution in [0.25, 0.3) is 0 Å². The Kier molecular flexibility index (Phi) is 6.34. The molecule has 28 heavy (non-hydrogen) atoms. The molecule has 2 N–H and O–H groups in total. The van der Waals surface area contributed by atoms with Crippen LogP contribution in [-0.4, -0.2) is 25.0 Å². The van der Waals surface area contributed by atoms with E-state index in [0.29, 0.717) is 36.7 Å². The molecular weight excluding hydrogens is 352 g/mol. The number of amides is 2. The second kappa shape index (κ2) is 8.91. The number of fused-ring (bicyclic) bond motifs is 1. The minimum atomic E-state index is -0.206. The van der Waals surface area contributed by atoms with Crippen LogP contribution in [0.5, 0.6) is 5.75 Å². The van der Waals surface area contributed by atoms with Gasteiger partial charge in [-0.05, 0) is 61.6 Å². The first-order valence-electron chi connectivity index (χ1n) is 9.84. The molecule has 1 heterocycles. The number of hydrogen-bond donors (Lipinski definition) is 2. The van der Waals surface area contributed by atoms with E-state index < -0.39 is 0 Å². The molecule has 2 amide bonds. The van der Waals surface area contributed by atoms with E-state index in [0.717, 1.165) is 23.3 Å². The Morgan fingerprint density at radius 2 is 1.89 bits per heavy atom. The lowest BCUT2D eigenvalue weighted by molar-refractivity contribution is -0.126. The normalized spacial score (nSPS) is 15.5. The summed E-state index contributed by atoms with van der Waals surface area (Å²) >= 11 is 0. The van der Waals surface area contributed by atoms with E-state index in [-0.39, 0.29) is 17.7 Å². The fourth-order valence-electron chi connectivity index (χ4n) is 3.18.